The van der Waals surface area contributed by atoms with Crippen LogP contribution < -0.4 is 16.8 Å². The molecule has 0 atom stereocenters. The van der Waals surface area contributed by atoms with Gasteiger partial charge < -0.3 is 16.8 Å². The maximum atomic E-state index is 7.13. The van der Waals surface area contributed by atoms with Gasteiger partial charge in [-0.25, -0.2) is 0 Å². The van der Waals surface area contributed by atoms with Gasteiger partial charge in [-0.1, -0.05) is 24.3 Å². The summed E-state index contributed by atoms with van der Waals surface area (Å²) >= 11 is 0. The monoisotopic (exact) mass is 226 g/mol. The van der Waals surface area contributed by atoms with Crippen molar-refractivity contribution in [3.05, 3.63) is 48.5 Å². The third-order valence-corrected chi connectivity index (χ3v) is 2.38. The van der Waals surface area contributed by atoms with Crippen molar-refractivity contribution in [2.45, 2.75) is 0 Å². The Kier molecular flexibility index (Phi) is 2.96. The second kappa shape index (κ2) is 4.57. The normalized spacial score (nSPS) is 9.88. The number of nitrogens with two attached hydrogens (primary N) is 2. The number of guanidine groups is 1. The molecule has 0 aliphatic heterocycles. The zero-order chi connectivity index (χ0) is 12.3. The van der Waals surface area contributed by atoms with Crippen molar-refractivity contribution in [3.63, 3.8) is 0 Å². The number of hydrogen-bond acceptors (Lipinski definition) is 2. The van der Waals surface area contributed by atoms with E-state index in [4.69, 9.17) is 16.9 Å². The van der Waals surface area contributed by atoms with E-state index in [1.807, 2.05) is 48.5 Å². The lowest BCUT2D eigenvalue weighted by Crippen LogP contribution is -2.20. The van der Waals surface area contributed by atoms with Crippen LogP contribution in [0.1, 0.15) is 0 Å². The lowest BCUT2D eigenvalue weighted by molar-refractivity contribution is 1.41. The minimum absolute atomic E-state index is 0.0679. The molecule has 0 radical (unpaired) electrons. The van der Waals surface area contributed by atoms with E-state index in [0.717, 1.165) is 22.5 Å². The first-order valence-corrected chi connectivity index (χ1v) is 5.22. The Morgan fingerprint density at radius 2 is 1.71 bits per heavy atom. The second-order valence-corrected chi connectivity index (χ2v) is 3.74. The molecule has 0 heterocycles. The number of nitrogens with one attached hydrogen (secondary N) is 2. The molecular weight excluding hydrogens is 212 g/mol. The van der Waals surface area contributed by atoms with Crippen LogP contribution in [0.4, 0.5) is 11.4 Å². The first kappa shape index (κ1) is 11.0. The van der Waals surface area contributed by atoms with Crippen LogP contribution in [0, 0.1) is 5.41 Å². The Bertz CT molecular complexity index is 531. The average molecular weight is 226 g/mol. The maximum absolute atomic E-state index is 7.13. The molecule has 4 heteroatoms. The van der Waals surface area contributed by atoms with Gasteiger partial charge in [-0.05, 0) is 35.4 Å². The van der Waals surface area contributed by atoms with E-state index in [-0.39, 0.29) is 5.96 Å². The molecule has 0 amide bonds. The highest BCUT2D eigenvalue weighted by molar-refractivity contribution is 5.90. The van der Waals surface area contributed by atoms with Gasteiger partial charge in [-0.15, -0.1) is 0 Å². The fourth-order valence-electron chi connectivity index (χ4n) is 1.62. The molecule has 0 aliphatic rings. The van der Waals surface area contributed by atoms with Crippen molar-refractivity contribution in [3.8, 4) is 11.1 Å². The van der Waals surface area contributed by atoms with Gasteiger partial charge in [0.15, 0.2) is 5.96 Å². The van der Waals surface area contributed by atoms with Gasteiger partial charge in [0, 0.05) is 11.4 Å². The number of hydrogen-bond donors (Lipinski definition) is 4. The second-order valence-electron chi connectivity index (χ2n) is 3.74. The fraction of sp³-hybridized carbons (Fsp3) is 0. The van der Waals surface area contributed by atoms with Gasteiger partial charge in [-0.2, -0.15) is 0 Å². The summed E-state index contributed by atoms with van der Waals surface area (Å²) in [5.41, 5.74) is 14.7. The molecule has 0 spiro atoms. The fourth-order valence-corrected chi connectivity index (χ4v) is 1.62. The van der Waals surface area contributed by atoms with Gasteiger partial charge in [0.1, 0.15) is 0 Å². The third kappa shape index (κ3) is 2.75. The van der Waals surface area contributed by atoms with E-state index in [2.05, 4.69) is 5.32 Å². The molecule has 0 aromatic heterocycles. The van der Waals surface area contributed by atoms with E-state index in [1.165, 1.54) is 0 Å². The van der Waals surface area contributed by atoms with Crippen LogP contribution in [0.3, 0.4) is 0 Å². The summed E-state index contributed by atoms with van der Waals surface area (Å²) in [5, 5.41) is 9.86. The molecule has 0 bridgehead atoms. The lowest BCUT2D eigenvalue weighted by atomic mass is 10.0. The predicted molar refractivity (Wildman–Crippen MR) is 71.8 cm³/mol. The molecule has 2 rings (SSSR count). The van der Waals surface area contributed by atoms with Crippen LogP contribution in [0.2, 0.25) is 0 Å². The first-order valence-electron chi connectivity index (χ1n) is 5.22. The van der Waals surface area contributed by atoms with Crippen LogP contribution in [-0.2, 0) is 0 Å². The molecule has 0 saturated heterocycles. The van der Waals surface area contributed by atoms with Gasteiger partial charge in [-0.3, -0.25) is 5.41 Å². The van der Waals surface area contributed by atoms with Crippen LogP contribution >= 0.6 is 0 Å². The molecule has 86 valence electrons. The topological polar surface area (TPSA) is 87.9 Å². The smallest absolute Gasteiger partial charge is 0.190 e. The van der Waals surface area contributed by atoms with Gasteiger partial charge in [0.05, 0.1) is 0 Å². The molecule has 0 aliphatic carbocycles. The Hall–Kier alpha value is -2.49. The van der Waals surface area contributed by atoms with Gasteiger partial charge in [0.2, 0.25) is 0 Å². The van der Waals surface area contributed by atoms with Crippen LogP contribution in [0.25, 0.3) is 11.1 Å². The predicted octanol–water partition coefficient (Wildman–Crippen LogP) is 2.24. The van der Waals surface area contributed by atoms with Crippen LogP contribution in [0.15, 0.2) is 48.5 Å². The van der Waals surface area contributed by atoms with Crippen molar-refractivity contribution in [1.82, 2.24) is 0 Å². The minimum atomic E-state index is -0.0679. The van der Waals surface area contributed by atoms with E-state index < -0.39 is 0 Å². The van der Waals surface area contributed by atoms with Gasteiger partial charge in [0.25, 0.3) is 0 Å². The standard InChI is InChI=1S/C13H14N4/c14-11-3-1-2-10(8-11)9-4-6-12(7-5-9)17-13(15)16/h1-8H,14H2,(H4,15,16,17). The Labute approximate surface area is 99.8 Å². The molecular formula is C13H14N4. The van der Waals surface area contributed by atoms with Crippen LogP contribution in [0.5, 0.6) is 0 Å². The third-order valence-electron chi connectivity index (χ3n) is 2.38. The Balaban J connectivity index is 2.26. The highest BCUT2D eigenvalue weighted by atomic mass is 15.0. The first-order chi connectivity index (χ1) is 8.15. The zero-order valence-electron chi connectivity index (χ0n) is 9.27. The average Bonchev–Trinajstić information content (AvgIpc) is 2.29. The van der Waals surface area contributed by atoms with Crippen LogP contribution in [-0.4, -0.2) is 5.96 Å². The maximum Gasteiger partial charge on any atom is 0.190 e. The number of benzene rings is 2. The quantitative estimate of drug-likeness (QED) is 0.360. The van der Waals surface area contributed by atoms with Crippen molar-refractivity contribution in [1.29, 1.82) is 5.41 Å². The Morgan fingerprint density at radius 3 is 2.29 bits per heavy atom. The number of rotatable bonds is 2. The van der Waals surface area contributed by atoms with Crippen molar-refractivity contribution in [2.75, 3.05) is 11.1 Å². The molecule has 0 unspecified atom stereocenters. The summed E-state index contributed by atoms with van der Waals surface area (Å²) in [7, 11) is 0. The summed E-state index contributed by atoms with van der Waals surface area (Å²) in [6.07, 6.45) is 0. The highest BCUT2D eigenvalue weighted by Gasteiger charge is 1.98. The summed E-state index contributed by atoms with van der Waals surface area (Å²) < 4.78 is 0. The number of anilines is 2. The van der Waals surface area contributed by atoms with E-state index >= 15 is 0 Å². The summed E-state index contributed by atoms with van der Waals surface area (Å²) in [6, 6.07) is 15.4. The molecule has 17 heavy (non-hydrogen) atoms. The summed E-state index contributed by atoms with van der Waals surface area (Å²) in [6.45, 7) is 0. The molecule has 6 N–H and O–H groups in total. The molecule has 2 aromatic rings. The molecule has 0 fully saturated rings. The van der Waals surface area contributed by atoms with E-state index in [0.29, 0.717) is 0 Å². The van der Waals surface area contributed by atoms with E-state index in [1.54, 1.807) is 0 Å². The van der Waals surface area contributed by atoms with Crippen molar-refractivity contribution in [2.24, 2.45) is 5.73 Å². The summed E-state index contributed by atoms with van der Waals surface area (Å²) in [5.74, 6) is -0.0679. The van der Waals surface area contributed by atoms with E-state index in [9.17, 15) is 0 Å². The minimum Gasteiger partial charge on any atom is -0.399 e. The molecule has 0 saturated carbocycles. The lowest BCUT2D eigenvalue weighted by Gasteiger charge is -2.06. The summed E-state index contributed by atoms with van der Waals surface area (Å²) in [4.78, 5) is 0. The largest absolute Gasteiger partial charge is 0.399 e. The van der Waals surface area contributed by atoms with Crippen molar-refractivity contribution < 1.29 is 0 Å². The van der Waals surface area contributed by atoms with Gasteiger partial charge >= 0.3 is 0 Å². The Morgan fingerprint density at radius 1 is 1.00 bits per heavy atom. The SMILES string of the molecule is N=C(N)Nc1ccc(-c2cccc(N)c2)cc1. The zero-order valence-corrected chi connectivity index (χ0v) is 9.27. The number of nitrogen functional groups attached to an aromatic ring is 1. The van der Waals surface area contributed by atoms with Crippen molar-refractivity contribution >= 4 is 17.3 Å². The highest BCUT2D eigenvalue weighted by Crippen LogP contribution is 2.22. The molecule has 4 nitrogen and oxygen atoms in total. The molecule has 2 aromatic carbocycles.